The zero-order valence-electron chi connectivity index (χ0n) is 24.1. The van der Waals surface area contributed by atoms with Gasteiger partial charge in [0, 0.05) is 11.3 Å². The Morgan fingerprint density at radius 3 is 2.36 bits per heavy atom. The molecule has 36 heavy (non-hydrogen) atoms. The molecule has 5 aliphatic carbocycles. The van der Waals surface area contributed by atoms with E-state index >= 15 is 0 Å². The smallest absolute Gasteiger partial charge is 0.306 e. The van der Waals surface area contributed by atoms with E-state index in [1.165, 1.54) is 31.9 Å². The molecule has 1 N–H and O–H groups in total. The van der Waals surface area contributed by atoms with E-state index in [1.54, 1.807) is 0 Å². The van der Waals surface area contributed by atoms with Crippen LogP contribution in [0.1, 0.15) is 106 Å². The predicted molar refractivity (Wildman–Crippen MR) is 142 cm³/mol. The first kappa shape index (κ1) is 26.4. The number of allylic oxidation sites excluding steroid dienone is 2. The molecule has 5 aliphatic rings. The number of ether oxygens (including phenoxy) is 1. The number of aliphatic hydroxyl groups excluding tert-OH is 1. The molecule has 0 aromatic heterocycles. The van der Waals surface area contributed by atoms with E-state index in [1.807, 2.05) is 0 Å². The van der Waals surface area contributed by atoms with Gasteiger partial charge in [0.15, 0.2) is 5.78 Å². The summed E-state index contributed by atoms with van der Waals surface area (Å²) in [6.07, 6.45) is 10.2. The molecule has 4 nitrogen and oxygen atoms in total. The summed E-state index contributed by atoms with van der Waals surface area (Å²) in [5.74, 6) is 1.90. The van der Waals surface area contributed by atoms with E-state index in [0.717, 1.165) is 25.7 Å². The van der Waals surface area contributed by atoms with Gasteiger partial charge in [-0.2, -0.15) is 0 Å². The lowest BCUT2D eigenvalue weighted by atomic mass is 9.33. The highest BCUT2D eigenvalue weighted by Gasteiger charge is 2.70. The second kappa shape index (κ2) is 8.17. The van der Waals surface area contributed by atoms with E-state index in [4.69, 9.17) is 4.74 Å². The van der Waals surface area contributed by atoms with Crippen molar-refractivity contribution in [3.8, 4) is 0 Å². The molecule has 4 heteroatoms. The number of carbonyl (C=O) groups excluding carboxylic acids is 2. The van der Waals surface area contributed by atoms with Crippen LogP contribution in [-0.2, 0) is 14.3 Å². The SMILES string of the molecule is COC(=O)C[C@]1(C)C2CC[C@]3(C)C(C(=O)C=C4C5[C@@H](C)[C@H](C)CC[C@]5(C)CC[C@]43C)[C@@]2(C)CC[C@@H]1O. The zero-order valence-corrected chi connectivity index (χ0v) is 24.1. The summed E-state index contributed by atoms with van der Waals surface area (Å²) in [6, 6.07) is 0. The average molecular weight is 499 g/mol. The summed E-state index contributed by atoms with van der Waals surface area (Å²) in [7, 11) is 1.43. The number of carbonyl (C=O) groups is 2. The third-order valence-electron chi connectivity index (χ3n) is 13.7. The molecule has 0 heterocycles. The van der Waals surface area contributed by atoms with E-state index in [2.05, 4.69) is 54.5 Å². The van der Waals surface area contributed by atoms with Crippen LogP contribution in [0.2, 0.25) is 0 Å². The first-order chi connectivity index (χ1) is 16.7. The minimum absolute atomic E-state index is 0.0177. The number of rotatable bonds is 2. The molecule has 0 radical (unpaired) electrons. The van der Waals surface area contributed by atoms with Crippen molar-refractivity contribution in [1.82, 2.24) is 0 Å². The van der Waals surface area contributed by atoms with Gasteiger partial charge in [-0.25, -0.2) is 0 Å². The molecule has 0 saturated heterocycles. The van der Waals surface area contributed by atoms with Crippen LogP contribution in [0.15, 0.2) is 11.6 Å². The van der Waals surface area contributed by atoms with Crippen LogP contribution in [0, 0.1) is 56.7 Å². The molecule has 0 amide bonds. The molecule has 0 bridgehead atoms. The number of methoxy groups -OCH3 is 1. The number of aliphatic hydroxyl groups is 1. The van der Waals surface area contributed by atoms with E-state index < -0.39 is 11.5 Å². The van der Waals surface area contributed by atoms with Crippen molar-refractivity contribution in [2.24, 2.45) is 56.7 Å². The van der Waals surface area contributed by atoms with E-state index in [-0.39, 0.29) is 40.5 Å². The summed E-state index contributed by atoms with van der Waals surface area (Å²) in [6.45, 7) is 16.7. The molecule has 0 spiro atoms. The predicted octanol–water partition coefficient (Wildman–Crippen LogP) is 6.75. The second-order valence-corrected chi connectivity index (χ2v) is 15.1. The van der Waals surface area contributed by atoms with Crippen LogP contribution in [0.3, 0.4) is 0 Å². The van der Waals surface area contributed by atoms with Crippen LogP contribution in [0.25, 0.3) is 0 Å². The number of hydrogen-bond donors (Lipinski definition) is 1. The molecule has 4 fully saturated rings. The highest BCUT2D eigenvalue weighted by molar-refractivity contribution is 5.95. The van der Waals surface area contributed by atoms with E-state index in [9.17, 15) is 14.7 Å². The standard InChI is InChI=1S/C32H50O4/c1-19-9-12-28(3)15-16-31(6)21(26(28)20(19)2)17-22(33)27-29(4)13-11-24(34)30(5,18-25(35)36-8)23(29)10-14-32(27,31)7/h17,19-20,23-24,26-27,34H,9-16,18H2,1-8H3/t19-,20+,23?,24+,26?,27?,28-,29+,30-,31-,32-/m1/s1. The van der Waals surface area contributed by atoms with Gasteiger partial charge in [-0.3, -0.25) is 9.59 Å². The number of ketones is 1. The minimum atomic E-state index is -0.564. The van der Waals surface area contributed by atoms with Crippen molar-refractivity contribution < 1.29 is 19.4 Å². The monoisotopic (exact) mass is 498 g/mol. The van der Waals surface area contributed by atoms with E-state index in [0.29, 0.717) is 35.4 Å². The Bertz CT molecular complexity index is 985. The first-order valence-electron chi connectivity index (χ1n) is 14.7. The van der Waals surface area contributed by atoms with Crippen molar-refractivity contribution in [2.45, 2.75) is 112 Å². The Hall–Kier alpha value is -1.16. The Morgan fingerprint density at radius 2 is 1.69 bits per heavy atom. The largest absolute Gasteiger partial charge is 0.469 e. The summed E-state index contributed by atoms with van der Waals surface area (Å²) in [4.78, 5) is 26.9. The molecule has 4 saturated carbocycles. The average Bonchev–Trinajstić information content (AvgIpc) is 2.81. The third kappa shape index (κ3) is 3.21. The highest BCUT2D eigenvalue weighted by atomic mass is 16.5. The molecule has 202 valence electrons. The van der Waals surface area contributed by atoms with Crippen LogP contribution in [0.5, 0.6) is 0 Å². The van der Waals surface area contributed by atoms with Crippen LogP contribution in [-0.4, -0.2) is 30.1 Å². The van der Waals surface area contributed by atoms with Gasteiger partial charge in [-0.05, 0) is 103 Å². The highest BCUT2D eigenvalue weighted by Crippen LogP contribution is 2.75. The second-order valence-electron chi connectivity index (χ2n) is 15.1. The fourth-order valence-corrected chi connectivity index (χ4v) is 11.1. The van der Waals surface area contributed by atoms with Crippen molar-refractivity contribution in [2.75, 3.05) is 7.11 Å². The minimum Gasteiger partial charge on any atom is -0.469 e. The maximum atomic E-state index is 14.4. The maximum Gasteiger partial charge on any atom is 0.306 e. The van der Waals surface area contributed by atoms with Gasteiger partial charge in [0.05, 0.1) is 19.6 Å². The van der Waals surface area contributed by atoms with Gasteiger partial charge < -0.3 is 9.84 Å². The van der Waals surface area contributed by atoms with Gasteiger partial charge in [0.25, 0.3) is 0 Å². The molecule has 3 unspecified atom stereocenters. The molecule has 5 rings (SSSR count). The lowest BCUT2D eigenvalue weighted by Gasteiger charge is -2.71. The fraction of sp³-hybridized carbons (Fsp3) is 0.875. The summed E-state index contributed by atoms with van der Waals surface area (Å²) >= 11 is 0. The normalized spacial score (nSPS) is 54.4. The van der Waals surface area contributed by atoms with Crippen molar-refractivity contribution in [3.63, 3.8) is 0 Å². The van der Waals surface area contributed by atoms with Gasteiger partial charge in [-0.15, -0.1) is 0 Å². The molecular formula is C32H50O4. The van der Waals surface area contributed by atoms with Gasteiger partial charge in [0.1, 0.15) is 0 Å². The summed E-state index contributed by atoms with van der Waals surface area (Å²) in [5, 5.41) is 11.2. The number of fused-ring (bicyclic) bond motifs is 7. The van der Waals surface area contributed by atoms with Crippen LogP contribution >= 0.6 is 0 Å². The zero-order chi connectivity index (χ0) is 26.5. The quantitative estimate of drug-likeness (QED) is 0.428. The summed E-state index contributed by atoms with van der Waals surface area (Å²) < 4.78 is 5.07. The number of esters is 1. The van der Waals surface area contributed by atoms with Gasteiger partial charge >= 0.3 is 5.97 Å². The summed E-state index contributed by atoms with van der Waals surface area (Å²) in [5.41, 5.74) is 0.887. The number of hydrogen-bond acceptors (Lipinski definition) is 4. The van der Waals surface area contributed by atoms with Crippen LogP contribution in [0.4, 0.5) is 0 Å². The van der Waals surface area contributed by atoms with Gasteiger partial charge in [0.2, 0.25) is 0 Å². The first-order valence-corrected chi connectivity index (χ1v) is 14.7. The van der Waals surface area contributed by atoms with Crippen LogP contribution < -0.4 is 0 Å². The molecule has 0 aromatic rings. The Morgan fingerprint density at radius 1 is 1.00 bits per heavy atom. The molecule has 11 atom stereocenters. The topological polar surface area (TPSA) is 63.6 Å². The Balaban J connectivity index is 1.61. The molecule has 0 aliphatic heterocycles. The fourth-order valence-electron chi connectivity index (χ4n) is 11.1. The Labute approximate surface area is 219 Å². The van der Waals surface area contributed by atoms with Crippen molar-refractivity contribution >= 4 is 11.8 Å². The molecular weight excluding hydrogens is 448 g/mol. The molecule has 0 aromatic carbocycles. The maximum absolute atomic E-state index is 14.4. The Kier molecular flexibility index (Phi) is 6.00. The van der Waals surface area contributed by atoms with Crippen molar-refractivity contribution in [1.29, 1.82) is 0 Å². The lowest BCUT2D eigenvalue weighted by molar-refractivity contribution is -0.209. The third-order valence-corrected chi connectivity index (χ3v) is 13.7. The van der Waals surface area contributed by atoms with Gasteiger partial charge in [-0.1, -0.05) is 54.0 Å². The van der Waals surface area contributed by atoms with Crippen molar-refractivity contribution in [3.05, 3.63) is 11.6 Å². The lowest BCUT2D eigenvalue weighted by Crippen LogP contribution is -2.67.